The maximum Gasteiger partial charge on any atom is 0.208 e. The minimum atomic E-state index is -0.397. The number of oxazole rings is 1. The highest BCUT2D eigenvalue weighted by molar-refractivity contribution is 5.58. The van der Waals surface area contributed by atoms with Crippen LogP contribution in [0.3, 0.4) is 0 Å². The van der Waals surface area contributed by atoms with Gasteiger partial charge in [-0.15, -0.1) is 0 Å². The van der Waals surface area contributed by atoms with Gasteiger partial charge in [-0.05, 0) is 25.2 Å². The second-order valence-corrected chi connectivity index (χ2v) is 3.50. The zero-order valence-electron chi connectivity index (χ0n) is 9.66. The van der Waals surface area contributed by atoms with E-state index < -0.39 is 5.82 Å². The highest BCUT2D eigenvalue weighted by Crippen LogP contribution is 2.26. The fourth-order valence-electron chi connectivity index (χ4n) is 1.49. The van der Waals surface area contributed by atoms with Gasteiger partial charge in [0.2, 0.25) is 5.89 Å². The Morgan fingerprint density at radius 3 is 3.00 bits per heavy atom. The number of nitrogens with one attached hydrogen (secondary N) is 1. The van der Waals surface area contributed by atoms with Crippen molar-refractivity contribution in [2.45, 2.75) is 6.54 Å². The molecule has 0 aliphatic carbocycles. The highest BCUT2D eigenvalue weighted by Gasteiger charge is 2.09. The molecule has 5 heteroatoms. The normalized spacial score (nSPS) is 10.5. The van der Waals surface area contributed by atoms with Gasteiger partial charge in [0.25, 0.3) is 0 Å². The van der Waals surface area contributed by atoms with Crippen molar-refractivity contribution in [1.82, 2.24) is 10.3 Å². The number of ether oxygens (including phenoxy) is 1. The molecule has 0 aliphatic rings. The number of aromatic nitrogens is 1. The molecule has 0 unspecified atom stereocenters. The summed E-state index contributed by atoms with van der Waals surface area (Å²) < 4.78 is 23.6. The van der Waals surface area contributed by atoms with Gasteiger partial charge in [-0.3, -0.25) is 0 Å². The summed E-state index contributed by atoms with van der Waals surface area (Å²) in [6.45, 7) is 0.554. The van der Waals surface area contributed by atoms with E-state index in [9.17, 15) is 4.39 Å². The lowest BCUT2D eigenvalue weighted by molar-refractivity contribution is 0.386. The minimum absolute atomic E-state index is 0.189. The van der Waals surface area contributed by atoms with Crippen LogP contribution in [0.15, 0.2) is 28.8 Å². The second kappa shape index (κ2) is 4.97. The van der Waals surface area contributed by atoms with Gasteiger partial charge in [0.05, 0.1) is 19.9 Å². The van der Waals surface area contributed by atoms with E-state index in [1.54, 1.807) is 18.3 Å². The molecule has 90 valence electrons. The van der Waals surface area contributed by atoms with Crippen molar-refractivity contribution in [3.05, 3.63) is 36.1 Å². The lowest BCUT2D eigenvalue weighted by Crippen LogP contribution is -2.04. The van der Waals surface area contributed by atoms with Crippen LogP contribution in [0.4, 0.5) is 4.39 Å². The van der Waals surface area contributed by atoms with Crippen LogP contribution >= 0.6 is 0 Å². The number of halogens is 1. The largest absolute Gasteiger partial charge is 0.494 e. The predicted molar refractivity (Wildman–Crippen MR) is 61.2 cm³/mol. The van der Waals surface area contributed by atoms with Crippen LogP contribution < -0.4 is 10.1 Å². The molecule has 0 fully saturated rings. The first-order chi connectivity index (χ1) is 8.24. The number of nitrogens with zero attached hydrogens (tertiary/aromatic N) is 1. The lowest BCUT2D eigenvalue weighted by Gasteiger charge is -2.03. The van der Waals surface area contributed by atoms with Crippen LogP contribution in [0.1, 0.15) is 5.89 Å². The zero-order chi connectivity index (χ0) is 12.3. The fourth-order valence-corrected chi connectivity index (χ4v) is 1.49. The topological polar surface area (TPSA) is 47.3 Å². The maximum absolute atomic E-state index is 13.2. The van der Waals surface area contributed by atoms with E-state index >= 15 is 0 Å². The van der Waals surface area contributed by atoms with Crippen molar-refractivity contribution in [3.63, 3.8) is 0 Å². The van der Waals surface area contributed by atoms with E-state index in [4.69, 9.17) is 9.15 Å². The van der Waals surface area contributed by atoms with Gasteiger partial charge >= 0.3 is 0 Å². The number of methoxy groups -OCH3 is 1. The molecule has 1 N–H and O–H groups in total. The van der Waals surface area contributed by atoms with Crippen LogP contribution in [0.5, 0.6) is 5.75 Å². The molecule has 0 radical (unpaired) electrons. The van der Waals surface area contributed by atoms with Crippen molar-refractivity contribution in [2.24, 2.45) is 0 Å². The van der Waals surface area contributed by atoms with E-state index in [0.717, 1.165) is 5.56 Å². The molecule has 0 saturated heterocycles. The van der Waals surface area contributed by atoms with Gasteiger partial charge in [0.15, 0.2) is 17.3 Å². The summed E-state index contributed by atoms with van der Waals surface area (Å²) in [7, 11) is 3.24. The minimum Gasteiger partial charge on any atom is -0.494 e. The summed E-state index contributed by atoms with van der Waals surface area (Å²) in [6, 6.07) is 4.55. The van der Waals surface area contributed by atoms with E-state index in [0.29, 0.717) is 18.2 Å². The molecule has 0 saturated carbocycles. The second-order valence-electron chi connectivity index (χ2n) is 3.50. The molecule has 17 heavy (non-hydrogen) atoms. The summed E-state index contributed by atoms with van der Waals surface area (Å²) in [5.74, 6) is 0.972. The van der Waals surface area contributed by atoms with Crippen LogP contribution in [-0.2, 0) is 6.54 Å². The average molecular weight is 236 g/mol. The quantitative estimate of drug-likeness (QED) is 0.884. The third-order valence-corrected chi connectivity index (χ3v) is 2.32. The van der Waals surface area contributed by atoms with Gasteiger partial charge in [-0.2, -0.15) is 0 Å². The Bertz CT molecular complexity index is 511. The smallest absolute Gasteiger partial charge is 0.208 e. The van der Waals surface area contributed by atoms with Crippen molar-refractivity contribution >= 4 is 0 Å². The fraction of sp³-hybridized carbons (Fsp3) is 0.250. The Morgan fingerprint density at radius 2 is 2.29 bits per heavy atom. The van der Waals surface area contributed by atoms with E-state index in [1.165, 1.54) is 13.2 Å². The van der Waals surface area contributed by atoms with Crippen LogP contribution in [0.2, 0.25) is 0 Å². The van der Waals surface area contributed by atoms with Crippen LogP contribution in [0, 0.1) is 5.82 Å². The summed E-state index contributed by atoms with van der Waals surface area (Å²) in [6.07, 6.45) is 1.61. The third kappa shape index (κ3) is 2.45. The number of hydrogen-bond acceptors (Lipinski definition) is 4. The molecule has 0 atom stereocenters. The molecular weight excluding hydrogens is 223 g/mol. The van der Waals surface area contributed by atoms with Crippen molar-refractivity contribution < 1.29 is 13.5 Å². The van der Waals surface area contributed by atoms with E-state index in [2.05, 4.69) is 10.3 Å². The van der Waals surface area contributed by atoms with Gasteiger partial charge < -0.3 is 14.5 Å². The standard InChI is InChI=1S/C12H13FN2O2/c1-14-7-12-15-6-11(17-12)8-3-4-9(13)10(5-8)16-2/h3-6,14H,7H2,1-2H3. The number of benzene rings is 1. The summed E-state index contributed by atoms with van der Waals surface area (Å²) in [5, 5.41) is 2.94. The molecule has 2 rings (SSSR count). The Kier molecular flexibility index (Phi) is 3.39. The Hall–Kier alpha value is -1.88. The first-order valence-electron chi connectivity index (χ1n) is 5.18. The van der Waals surface area contributed by atoms with Gasteiger partial charge in [0.1, 0.15) is 0 Å². The molecular formula is C12H13FN2O2. The average Bonchev–Trinajstić information content (AvgIpc) is 2.79. The van der Waals surface area contributed by atoms with E-state index in [-0.39, 0.29) is 5.75 Å². The maximum atomic E-state index is 13.2. The highest BCUT2D eigenvalue weighted by atomic mass is 19.1. The van der Waals surface area contributed by atoms with Crippen molar-refractivity contribution in [2.75, 3.05) is 14.2 Å². The van der Waals surface area contributed by atoms with Gasteiger partial charge in [0, 0.05) is 5.56 Å². The number of hydrogen-bond donors (Lipinski definition) is 1. The van der Waals surface area contributed by atoms with Crippen LogP contribution in [-0.4, -0.2) is 19.1 Å². The molecule has 0 aliphatic heterocycles. The Balaban J connectivity index is 2.32. The monoisotopic (exact) mass is 236 g/mol. The molecule has 0 bridgehead atoms. The van der Waals surface area contributed by atoms with Gasteiger partial charge in [-0.25, -0.2) is 9.37 Å². The summed E-state index contributed by atoms with van der Waals surface area (Å²) >= 11 is 0. The Morgan fingerprint density at radius 1 is 1.47 bits per heavy atom. The first-order valence-corrected chi connectivity index (χ1v) is 5.18. The molecule has 1 aromatic heterocycles. The lowest BCUT2D eigenvalue weighted by atomic mass is 10.2. The molecule has 1 heterocycles. The van der Waals surface area contributed by atoms with Gasteiger partial charge in [-0.1, -0.05) is 0 Å². The number of rotatable bonds is 4. The molecule has 0 spiro atoms. The molecule has 4 nitrogen and oxygen atoms in total. The molecule has 0 amide bonds. The SMILES string of the molecule is CNCc1ncc(-c2ccc(F)c(OC)c2)o1. The third-order valence-electron chi connectivity index (χ3n) is 2.32. The first kappa shape index (κ1) is 11.6. The summed E-state index contributed by atoms with van der Waals surface area (Å²) in [5.41, 5.74) is 0.734. The zero-order valence-corrected chi connectivity index (χ0v) is 9.66. The molecule has 1 aromatic carbocycles. The van der Waals surface area contributed by atoms with Crippen LogP contribution in [0.25, 0.3) is 11.3 Å². The van der Waals surface area contributed by atoms with Crippen molar-refractivity contribution in [3.8, 4) is 17.1 Å². The summed E-state index contributed by atoms with van der Waals surface area (Å²) in [4.78, 5) is 4.10. The predicted octanol–water partition coefficient (Wildman–Crippen LogP) is 2.21. The van der Waals surface area contributed by atoms with E-state index in [1.807, 2.05) is 7.05 Å². The Labute approximate surface area is 98.4 Å². The van der Waals surface area contributed by atoms with Crippen molar-refractivity contribution in [1.29, 1.82) is 0 Å². The molecule has 2 aromatic rings.